The Kier molecular flexibility index (Phi) is 5.01. The Morgan fingerprint density at radius 2 is 2.00 bits per heavy atom. The van der Waals surface area contributed by atoms with E-state index in [9.17, 15) is 4.79 Å². The van der Waals surface area contributed by atoms with Crippen molar-refractivity contribution in [2.45, 2.75) is 38.6 Å². The van der Waals surface area contributed by atoms with Crippen LogP contribution >= 0.6 is 0 Å². The number of aromatic nitrogens is 3. The van der Waals surface area contributed by atoms with Crippen LogP contribution in [0.2, 0.25) is 0 Å². The summed E-state index contributed by atoms with van der Waals surface area (Å²) in [4.78, 5) is 24.2. The number of hydrogen-bond acceptors (Lipinski definition) is 3. The van der Waals surface area contributed by atoms with Crippen LogP contribution in [-0.4, -0.2) is 31.9 Å². The number of imidazole rings is 1. The number of amides is 1. The highest BCUT2D eigenvalue weighted by Crippen LogP contribution is 2.31. The topological polar surface area (TPSA) is 51.0 Å². The molecule has 1 amide bonds. The monoisotopic (exact) mass is 360 g/mol. The van der Waals surface area contributed by atoms with E-state index in [0.717, 1.165) is 48.7 Å². The van der Waals surface area contributed by atoms with Crippen molar-refractivity contribution in [1.29, 1.82) is 0 Å². The summed E-state index contributed by atoms with van der Waals surface area (Å²) in [5.41, 5.74) is 2.02. The Labute approximate surface area is 159 Å². The van der Waals surface area contributed by atoms with Gasteiger partial charge in [-0.25, -0.2) is 9.97 Å². The number of aryl methyl sites for hydroxylation is 1. The molecule has 2 aromatic heterocycles. The molecule has 3 aromatic rings. The lowest BCUT2D eigenvalue weighted by molar-refractivity contribution is -0.131. The van der Waals surface area contributed by atoms with Crippen molar-refractivity contribution in [2.24, 2.45) is 0 Å². The fourth-order valence-corrected chi connectivity index (χ4v) is 3.81. The molecule has 1 atom stereocenters. The van der Waals surface area contributed by atoms with Gasteiger partial charge in [0.25, 0.3) is 0 Å². The highest BCUT2D eigenvalue weighted by molar-refractivity contribution is 5.79. The van der Waals surface area contributed by atoms with Crippen LogP contribution in [-0.2, 0) is 17.6 Å². The molecule has 1 aromatic carbocycles. The first-order valence-electron chi connectivity index (χ1n) is 9.59. The molecule has 0 spiro atoms. The summed E-state index contributed by atoms with van der Waals surface area (Å²) in [6.45, 7) is 2.89. The van der Waals surface area contributed by atoms with Gasteiger partial charge in [-0.3, -0.25) is 9.36 Å². The lowest BCUT2D eigenvalue weighted by Gasteiger charge is -2.25. The SMILES string of the molecule is CCc1nccn1-c1cccc(C2CCCN2C(=O)Cc2ccccc2)n1. The Balaban J connectivity index is 1.57. The van der Waals surface area contributed by atoms with Crippen LogP contribution in [0.4, 0.5) is 0 Å². The van der Waals surface area contributed by atoms with Gasteiger partial charge in [-0.1, -0.05) is 43.3 Å². The molecule has 1 unspecified atom stereocenters. The molecular weight excluding hydrogens is 336 g/mol. The molecular formula is C22H24N4O. The summed E-state index contributed by atoms with van der Waals surface area (Å²) < 4.78 is 2.02. The van der Waals surface area contributed by atoms with Crippen LogP contribution in [0.15, 0.2) is 60.9 Å². The second-order valence-electron chi connectivity index (χ2n) is 6.90. The quantitative estimate of drug-likeness (QED) is 0.696. The second kappa shape index (κ2) is 7.74. The number of hydrogen-bond donors (Lipinski definition) is 0. The van der Waals surface area contributed by atoms with E-state index in [1.165, 1.54) is 0 Å². The van der Waals surface area contributed by atoms with Gasteiger partial charge in [0.05, 0.1) is 18.2 Å². The van der Waals surface area contributed by atoms with Crippen molar-refractivity contribution in [2.75, 3.05) is 6.54 Å². The maximum absolute atomic E-state index is 12.9. The second-order valence-corrected chi connectivity index (χ2v) is 6.90. The Morgan fingerprint density at radius 1 is 1.15 bits per heavy atom. The molecule has 138 valence electrons. The molecule has 1 saturated heterocycles. The Bertz CT molecular complexity index is 919. The van der Waals surface area contributed by atoms with Crippen molar-refractivity contribution >= 4 is 5.91 Å². The maximum Gasteiger partial charge on any atom is 0.227 e. The predicted molar refractivity (Wildman–Crippen MR) is 105 cm³/mol. The molecule has 0 N–H and O–H groups in total. The molecule has 27 heavy (non-hydrogen) atoms. The number of carbonyl (C=O) groups is 1. The molecule has 1 aliphatic heterocycles. The third-order valence-electron chi connectivity index (χ3n) is 5.15. The molecule has 4 rings (SSSR count). The van der Waals surface area contributed by atoms with Crippen LogP contribution in [0.3, 0.4) is 0 Å². The van der Waals surface area contributed by atoms with Crippen molar-refractivity contribution in [3.8, 4) is 5.82 Å². The van der Waals surface area contributed by atoms with E-state index in [-0.39, 0.29) is 11.9 Å². The minimum absolute atomic E-state index is 0.0507. The average molecular weight is 360 g/mol. The molecule has 3 heterocycles. The van der Waals surface area contributed by atoms with Crippen LogP contribution in [0, 0.1) is 0 Å². The standard InChI is InChI=1S/C22H24N4O/c1-2-20-23-13-15-26(20)21-12-6-10-18(24-21)19-11-7-14-25(19)22(27)16-17-8-4-3-5-9-17/h3-6,8-10,12-13,15,19H,2,7,11,14,16H2,1H3. The van der Waals surface area contributed by atoms with Gasteiger partial charge in [-0.05, 0) is 30.5 Å². The van der Waals surface area contributed by atoms with E-state index < -0.39 is 0 Å². The van der Waals surface area contributed by atoms with Crippen molar-refractivity contribution < 1.29 is 4.79 Å². The highest BCUT2D eigenvalue weighted by Gasteiger charge is 2.31. The minimum Gasteiger partial charge on any atom is -0.334 e. The lowest BCUT2D eigenvalue weighted by Crippen LogP contribution is -2.32. The molecule has 1 aliphatic rings. The summed E-state index contributed by atoms with van der Waals surface area (Å²) in [7, 11) is 0. The van der Waals surface area contributed by atoms with Gasteiger partial charge in [0, 0.05) is 25.4 Å². The zero-order valence-corrected chi connectivity index (χ0v) is 15.6. The van der Waals surface area contributed by atoms with Gasteiger partial charge in [0.2, 0.25) is 5.91 Å². The molecule has 1 fully saturated rings. The number of benzene rings is 1. The minimum atomic E-state index is 0.0507. The number of rotatable bonds is 5. The van der Waals surface area contributed by atoms with E-state index in [4.69, 9.17) is 4.98 Å². The summed E-state index contributed by atoms with van der Waals surface area (Å²) in [5.74, 6) is 2.03. The first-order chi connectivity index (χ1) is 13.3. The smallest absolute Gasteiger partial charge is 0.227 e. The maximum atomic E-state index is 12.9. The van der Waals surface area contributed by atoms with Crippen molar-refractivity contribution in [3.05, 3.63) is 78.0 Å². The van der Waals surface area contributed by atoms with E-state index in [1.54, 1.807) is 6.20 Å². The summed E-state index contributed by atoms with van der Waals surface area (Å²) in [5, 5.41) is 0. The largest absolute Gasteiger partial charge is 0.334 e. The summed E-state index contributed by atoms with van der Waals surface area (Å²) in [6.07, 6.45) is 7.02. The predicted octanol–water partition coefficient (Wildman–Crippen LogP) is 3.74. The van der Waals surface area contributed by atoms with Gasteiger partial charge < -0.3 is 4.90 Å². The lowest BCUT2D eigenvalue weighted by atomic mass is 10.1. The van der Waals surface area contributed by atoms with Crippen LogP contribution < -0.4 is 0 Å². The third-order valence-corrected chi connectivity index (χ3v) is 5.15. The molecule has 5 heteroatoms. The molecule has 0 bridgehead atoms. The number of likely N-dealkylation sites (tertiary alicyclic amines) is 1. The van der Waals surface area contributed by atoms with E-state index in [1.807, 2.05) is 64.2 Å². The van der Waals surface area contributed by atoms with Crippen LogP contribution in [0.5, 0.6) is 0 Å². The average Bonchev–Trinajstić information content (AvgIpc) is 3.38. The first kappa shape index (κ1) is 17.5. The van der Waals surface area contributed by atoms with E-state index in [0.29, 0.717) is 6.42 Å². The zero-order valence-electron chi connectivity index (χ0n) is 15.6. The van der Waals surface area contributed by atoms with Gasteiger partial charge in [0.15, 0.2) is 0 Å². The van der Waals surface area contributed by atoms with Crippen LogP contribution in [0.25, 0.3) is 5.82 Å². The number of nitrogens with zero attached hydrogens (tertiary/aromatic N) is 4. The third kappa shape index (κ3) is 3.63. The highest BCUT2D eigenvalue weighted by atomic mass is 16.2. The summed E-state index contributed by atoms with van der Waals surface area (Å²) >= 11 is 0. The van der Waals surface area contributed by atoms with Crippen molar-refractivity contribution in [1.82, 2.24) is 19.4 Å². The van der Waals surface area contributed by atoms with E-state index in [2.05, 4.69) is 11.9 Å². The van der Waals surface area contributed by atoms with E-state index >= 15 is 0 Å². The summed E-state index contributed by atoms with van der Waals surface area (Å²) in [6, 6.07) is 16.0. The molecule has 5 nitrogen and oxygen atoms in total. The first-order valence-corrected chi connectivity index (χ1v) is 9.59. The van der Waals surface area contributed by atoms with Crippen LogP contribution in [0.1, 0.15) is 42.9 Å². The number of pyridine rings is 1. The normalized spacial score (nSPS) is 16.6. The zero-order chi connectivity index (χ0) is 18.6. The van der Waals surface area contributed by atoms with Gasteiger partial charge in [-0.15, -0.1) is 0 Å². The van der Waals surface area contributed by atoms with Gasteiger partial charge in [-0.2, -0.15) is 0 Å². The number of carbonyl (C=O) groups excluding carboxylic acids is 1. The molecule has 0 aliphatic carbocycles. The molecule has 0 radical (unpaired) electrons. The Hall–Kier alpha value is -2.95. The fraction of sp³-hybridized carbons (Fsp3) is 0.318. The van der Waals surface area contributed by atoms with Gasteiger partial charge >= 0.3 is 0 Å². The Morgan fingerprint density at radius 3 is 2.81 bits per heavy atom. The molecule has 0 saturated carbocycles. The van der Waals surface area contributed by atoms with Crippen molar-refractivity contribution in [3.63, 3.8) is 0 Å². The van der Waals surface area contributed by atoms with Gasteiger partial charge in [0.1, 0.15) is 11.6 Å². The fourth-order valence-electron chi connectivity index (χ4n) is 3.81.